The Balaban J connectivity index is 2.25. The Morgan fingerprint density at radius 1 is 0.938 bits per heavy atom. The summed E-state index contributed by atoms with van der Waals surface area (Å²) in [5.41, 5.74) is 1.93. The first kappa shape index (κ1) is 11.1. The maximum absolute atomic E-state index is 12.9. The Labute approximate surface area is 103 Å². The average Bonchev–Trinajstić information content (AvgIpc) is 2.28. The molecule has 2 heteroatoms. The topological polar surface area (TPSA) is 0 Å². The summed E-state index contributed by atoms with van der Waals surface area (Å²) in [6.45, 7) is 0. The van der Waals surface area contributed by atoms with Crippen LogP contribution in [0.3, 0.4) is 0 Å². The lowest BCUT2D eigenvalue weighted by Gasteiger charge is -1.97. The molecular weight excluding hydrogens is 267 g/mol. The van der Waals surface area contributed by atoms with Gasteiger partial charge in [-0.2, -0.15) is 0 Å². The van der Waals surface area contributed by atoms with Crippen LogP contribution in [-0.4, -0.2) is 0 Å². The molecule has 0 heterocycles. The molecule has 80 valence electrons. The fourth-order valence-electron chi connectivity index (χ4n) is 1.41. The first-order chi connectivity index (χ1) is 7.75. The third-order valence-corrected chi connectivity index (χ3v) is 2.93. The van der Waals surface area contributed by atoms with Gasteiger partial charge in [0.05, 0.1) is 0 Å². The van der Waals surface area contributed by atoms with Crippen molar-refractivity contribution in [2.75, 3.05) is 0 Å². The van der Waals surface area contributed by atoms with E-state index >= 15 is 0 Å². The Kier molecular flexibility index (Phi) is 3.52. The minimum absolute atomic E-state index is 0.214. The molecule has 0 aliphatic carbocycles. The van der Waals surface area contributed by atoms with Gasteiger partial charge < -0.3 is 0 Å². The van der Waals surface area contributed by atoms with E-state index in [9.17, 15) is 4.39 Å². The summed E-state index contributed by atoms with van der Waals surface area (Å²) in [6.07, 6.45) is 3.85. The van der Waals surface area contributed by atoms with Crippen LogP contribution in [0.25, 0.3) is 12.2 Å². The summed E-state index contributed by atoms with van der Waals surface area (Å²) in [7, 11) is 0. The Hall–Kier alpha value is -1.41. The van der Waals surface area contributed by atoms with Gasteiger partial charge in [-0.05, 0) is 29.3 Å². The molecule has 0 unspecified atom stereocenters. The van der Waals surface area contributed by atoms with Crippen molar-refractivity contribution in [2.24, 2.45) is 0 Å². The van der Waals surface area contributed by atoms with Gasteiger partial charge in [0.1, 0.15) is 5.82 Å². The average molecular weight is 277 g/mol. The number of benzene rings is 2. The zero-order valence-corrected chi connectivity index (χ0v) is 10.1. The molecule has 0 N–H and O–H groups in total. The molecule has 2 aromatic rings. The van der Waals surface area contributed by atoms with E-state index in [4.69, 9.17) is 0 Å². The molecule has 0 radical (unpaired) electrons. The first-order valence-electron chi connectivity index (χ1n) is 4.94. The van der Waals surface area contributed by atoms with Gasteiger partial charge in [-0.15, -0.1) is 0 Å². The van der Waals surface area contributed by atoms with Gasteiger partial charge in [0, 0.05) is 4.47 Å². The molecular formula is C14H10BrF. The molecule has 0 saturated heterocycles. The molecule has 0 aliphatic rings. The summed E-state index contributed by atoms with van der Waals surface area (Å²) in [5, 5.41) is 0. The van der Waals surface area contributed by atoms with Crippen molar-refractivity contribution in [1.29, 1.82) is 0 Å². The summed E-state index contributed by atoms with van der Waals surface area (Å²) in [4.78, 5) is 0. The predicted molar refractivity (Wildman–Crippen MR) is 69.5 cm³/mol. The first-order valence-corrected chi connectivity index (χ1v) is 5.73. The standard InChI is InChI=1S/C14H10BrF/c15-14-7-2-1-5-12(14)9-8-11-4-3-6-13(16)10-11/h1-10H/b9-8+. The molecule has 2 rings (SSSR count). The molecule has 0 spiro atoms. The lowest BCUT2D eigenvalue weighted by atomic mass is 10.1. The van der Waals surface area contributed by atoms with Crippen LogP contribution in [0.15, 0.2) is 53.0 Å². The van der Waals surface area contributed by atoms with Crippen molar-refractivity contribution in [3.05, 3.63) is 69.9 Å². The molecule has 0 nitrogen and oxygen atoms in total. The summed E-state index contributed by atoms with van der Waals surface area (Å²) in [5.74, 6) is -0.214. The summed E-state index contributed by atoms with van der Waals surface area (Å²) in [6, 6.07) is 14.4. The van der Waals surface area contributed by atoms with Gasteiger partial charge in [-0.25, -0.2) is 4.39 Å². The second kappa shape index (κ2) is 5.08. The minimum atomic E-state index is -0.214. The lowest BCUT2D eigenvalue weighted by molar-refractivity contribution is 0.627. The molecule has 0 amide bonds. The molecule has 0 aromatic heterocycles. The molecule has 0 aliphatic heterocycles. The van der Waals surface area contributed by atoms with Crippen LogP contribution in [0.4, 0.5) is 4.39 Å². The quantitative estimate of drug-likeness (QED) is 0.694. The fourth-order valence-corrected chi connectivity index (χ4v) is 1.82. The normalized spacial score (nSPS) is 10.9. The van der Waals surface area contributed by atoms with E-state index in [-0.39, 0.29) is 5.82 Å². The van der Waals surface area contributed by atoms with Crippen LogP contribution in [0, 0.1) is 5.82 Å². The largest absolute Gasteiger partial charge is 0.207 e. The van der Waals surface area contributed by atoms with Gasteiger partial charge in [0.25, 0.3) is 0 Å². The molecule has 16 heavy (non-hydrogen) atoms. The second-order valence-electron chi connectivity index (χ2n) is 3.41. The van der Waals surface area contributed by atoms with Crippen molar-refractivity contribution in [3.63, 3.8) is 0 Å². The number of halogens is 2. The van der Waals surface area contributed by atoms with Crippen LogP contribution in [0.2, 0.25) is 0 Å². The van der Waals surface area contributed by atoms with Crippen LogP contribution < -0.4 is 0 Å². The molecule has 0 saturated carbocycles. The van der Waals surface area contributed by atoms with Gasteiger partial charge in [-0.3, -0.25) is 0 Å². The van der Waals surface area contributed by atoms with E-state index in [2.05, 4.69) is 15.9 Å². The van der Waals surface area contributed by atoms with Gasteiger partial charge in [0.15, 0.2) is 0 Å². The molecule has 0 fully saturated rings. The van der Waals surface area contributed by atoms with Crippen LogP contribution in [-0.2, 0) is 0 Å². The van der Waals surface area contributed by atoms with E-state index in [1.165, 1.54) is 12.1 Å². The highest BCUT2D eigenvalue weighted by Gasteiger charge is 1.94. The van der Waals surface area contributed by atoms with Crippen LogP contribution >= 0.6 is 15.9 Å². The van der Waals surface area contributed by atoms with E-state index in [0.29, 0.717) is 0 Å². The molecule has 0 atom stereocenters. The van der Waals surface area contributed by atoms with Gasteiger partial charge in [-0.1, -0.05) is 58.4 Å². The van der Waals surface area contributed by atoms with Crippen molar-refractivity contribution >= 4 is 28.1 Å². The van der Waals surface area contributed by atoms with Crippen LogP contribution in [0.5, 0.6) is 0 Å². The fraction of sp³-hybridized carbons (Fsp3) is 0. The Morgan fingerprint density at radius 3 is 2.50 bits per heavy atom. The van der Waals surface area contributed by atoms with Crippen molar-refractivity contribution in [1.82, 2.24) is 0 Å². The zero-order valence-electron chi connectivity index (χ0n) is 8.53. The maximum Gasteiger partial charge on any atom is 0.123 e. The molecule has 0 bridgehead atoms. The van der Waals surface area contributed by atoms with Crippen LogP contribution in [0.1, 0.15) is 11.1 Å². The van der Waals surface area contributed by atoms with Crippen molar-refractivity contribution in [3.8, 4) is 0 Å². The molecule has 2 aromatic carbocycles. The number of hydrogen-bond donors (Lipinski definition) is 0. The second-order valence-corrected chi connectivity index (χ2v) is 4.26. The Bertz CT molecular complexity index is 518. The van der Waals surface area contributed by atoms with E-state index in [1.54, 1.807) is 6.07 Å². The van der Waals surface area contributed by atoms with E-state index < -0.39 is 0 Å². The SMILES string of the molecule is Fc1cccc(/C=C/c2ccccc2Br)c1. The van der Waals surface area contributed by atoms with Gasteiger partial charge >= 0.3 is 0 Å². The predicted octanol–water partition coefficient (Wildman–Crippen LogP) is 4.76. The number of rotatable bonds is 2. The highest BCUT2D eigenvalue weighted by atomic mass is 79.9. The summed E-state index contributed by atoms with van der Waals surface area (Å²) < 4.78 is 14.0. The summed E-state index contributed by atoms with van der Waals surface area (Å²) >= 11 is 3.46. The van der Waals surface area contributed by atoms with E-state index in [1.807, 2.05) is 42.5 Å². The highest BCUT2D eigenvalue weighted by molar-refractivity contribution is 9.10. The smallest absolute Gasteiger partial charge is 0.123 e. The third kappa shape index (κ3) is 2.80. The van der Waals surface area contributed by atoms with E-state index in [0.717, 1.165) is 15.6 Å². The number of hydrogen-bond acceptors (Lipinski definition) is 0. The minimum Gasteiger partial charge on any atom is -0.207 e. The van der Waals surface area contributed by atoms with Crippen molar-refractivity contribution < 1.29 is 4.39 Å². The maximum atomic E-state index is 12.9. The Morgan fingerprint density at radius 2 is 1.75 bits per heavy atom. The lowest BCUT2D eigenvalue weighted by Crippen LogP contribution is -1.77. The highest BCUT2D eigenvalue weighted by Crippen LogP contribution is 2.18. The zero-order chi connectivity index (χ0) is 11.4. The van der Waals surface area contributed by atoms with Crippen molar-refractivity contribution in [2.45, 2.75) is 0 Å². The monoisotopic (exact) mass is 276 g/mol. The van der Waals surface area contributed by atoms with Gasteiger partial charge in [0.2, 0.25) is 0 Å². The third-order valence-electron chi connectivity index (χ3n) is 2.21.